The minimum absolute atomic E-state index is 0.691. The number of nitrogens with two attached hydrogens (primary N) is 1. The summed E-state index contributed by atoms with van der Waals surface area (Å²) < 4.78 is 1.97. The second kappa shape index (κ2) is 4.21. The summed E-state index contributed by atoms with van der Waals surface area (Å²) in [6, 6.07) is 4.02. The number of hydrogen-bond donors (Lipinski definition) is 1. The van der Waals surface area contributed by atoms with Gasteiger partial charge in [0.1, 0.15) is 0 Å². The Morgan fingerprint density at radius 1 is 1.47 bits per heavy atom. The van der Waals surface area contributed by atoms with Gasteiger partial charge < -0.3 is 10.3 Å². The lowest BCUT2D eigenvalue weighted by Crippen LogP contribution is -2.00. The lowest BCUT2D eigenvalue weighted by Gasteiger charge is -2.04. The molecule has 0 saturated heterocycles. The zero-order valence-corrected chi connectivity index (χ0v) is 9.46. The van der Waals surface area contributed by atoms with Crippen molar-refractivity contribution in [1.82, 2.24) is 9.55 Å². The first-order valence-corrected chi connectivity index (χ1v) is 5.39. The van der Waals surface area contributed by atoms with Crippen LogP contribution in [0.1, 0.15) is 12.0 Å². The fourth-order valence-corrected chi connectivity index (χ4v) is 1.93. The van der Waals surface area contributed by atoms with Gasteiger partial charge in [0.05, 0.1) is 17.4 Å². The summed E-state index contributed by atoms with van der Waals surface area (Å²) in [5.74, 6) is 0. The summed E-state index contributed by atoms with van der Waals surface area (Å²) in [7, 11) is 1.96. The summed E-state index contributed by atoms with van der Waals surface area (Å²) in [5, 5.41) is 0.805. The molecule has 0 unspecified atom stereocenters. The van der Waals surface area contributed by atoms with E-state index < -0.39 is 0 Å². The fraction of sp³-hybridized carbons (Fsp3) is 0.364. The lowest BCUT2D eigenvalue weighted by molar-refractivity contribution is 0.833. The standard InChI is InChI=1S/C11H14ClN3/c1-15-7-14-10-5-8(3-2-4-13)9(12)6-11(10)15/h5-7H,2-4,13H2,1H3. The summed E-state index contributed by atoms with van der Waals surface area (Å²) >= 11 is 6.19. The molecule has 0 atom stereocenters. The van der Waals surface area contributed by atoms with E-state index in [9.17, 15) is 0 Å². The molecule has 0 saturated carbocycles. The Labute approximate surface area is 93.9 Å². The van der Waals surface area contributed by atoms with E-state index in [2.05, 4.69) is 4.98 Å². The predicted octanol–water partition coefficient (Wildman–Crippen LogP) is 2.12. The van der Waals surface area contributed by atoms with Gasteiger partial charge in [-0.3, -0.25) is 0 Å². The number of rotatable bonds is 3. The maximum Gasteiger partial charge on any atom is 0.0955 e. The van der Waals surface area contributed by atoms with E-state index in [0.717, 1.165) is 34.5 Å². The van der Waals surface area contributed by atoms with E-state index in [-0.39, 0.29) is 0 Å². The monoisotopic (exact) mass is 223 g/mol. The van der Waals surface area contributed by atoms with Crippen LogP contribution in [0.3, 0.4) is 0 Å². The van der Waals surface area contributed by atoms with Gasteiger partial charge in [-0.1, -0.05) is 11.6 Å². The number of nitrogens with zero attached hydrogens (tertiary/aromatic N) is 2. The number of aryl methyl sites for hydroxylation is 2. The molecule has 1 heterocycles. The van der Waals surface area contributed by atoms with E-state index in [0.29, 0.717) is 6.54 Å². The molecule has 2 rings (SSSR count). The van der Waals surface area contributed by atoms with Crippen LogP contribution in [-0.4, -0.2) is 16.1 Å². The molecule has 0 fully saturated rings. The highest BCUT2D eigenvalue weighted by Crippen LogP contribution is 2.23. The lowest BCUT2D eigenvalue weighted by atomic mass is 10.1. The zero-order valence-electron chi connectivity index (χ0n) is 8.70. The molecule has 0 amide bonds. The van der Waals surface area contributed by atoms with Gasteiger partial charge in [-0.2, -0.15) is 0 Å². The average Bonchev–Trinajstić information content (AvgIpc) is 2.57. The average molecular weight is 224 g/mol. The molecule has 0 bridgehead atoms. The van der Waals surface area contributed by atoms with Gasteiger partial charge >= 0.3 is 0 Å². The molecule has 1 aromatic heterocycles. The largest absolute Gasteiger partial charge is 0.334 e. The van der Waals surface area contributed by atoms with Gasteiger partial charge in [-0.25, -0.2) is 4.98 Å². The minimum Gasteiger partial charge on any atom is -0.334 e. The number of hydrogen-bond acceptors (Lipinski definition) is 2. The third-order valence-corrected chi connectivity index (χ3v) is 2.90. The predicted molar refractivity (Wildman–Crippen MR) is 63.1 cm³/mol. The van der Waals surface area contributed by atoms with Gasteiger partial charge in [-0.05, 0) is 37.1 Å². The van der Waals surface area contributed by atoms with Crippen LogP contribution in [0.4, 0.5) is 0 Å². The molecule has 3 nitrogen and oxygen atoms in total. The van der Waals surface area contributed by atoms with Gasteiger partial charge in [0.15, 0.2) is 0 Å². The molecule has 0 aliphatic carbocycles. The van der Waals surface area contributed by atoms with Crippen molar-refractivity contribution in [2.24, 2.45) is 12.8 Å². The van der Waals surface area contributed by atoms with Crippen molar-refractivity contribution in [3.63, 3.8) is 0 Å². The van der Waals surface area contributed by atoms with Crippen LogP contribution in [0.25, 0.3) is 11.0 Å². The van der Waals surface area contributed by atoms with Gasteiger partial charge in [-0.15, -0.1) is 0 Å². The molecule has 2 aromatic rings. The zero-order chi connectivity index (χ0) is 10.8. The summed E-state index contributed by atoms with van der Waals surface area (Å²) in [6.45, 7) is 0.691. The molecular weight excluding hydrogens is 210 g/mol. The quantitative estimate of drug-likeness (QED) is 0.866. The van der Waals surface area contributed by atoms with Crippen molar-refractivity contribution in [3.05, 3.63) is 29.0 Å². The number of benzene rings is 1. The smallest absolute Gasteiger partial charge is 0.0955 e. The molecule has 0 radical (unpaired) electrons. The number of aromatic nitrogens is 2. The van der Waals surface area contributed by atoms with Crippen LogP contribution in [0, 0.1) is 0 Å². The Kier molecular flexibility index (Phi) is 2.93. The number of halogens is 1. The van der Waals surface area contributed by atoms with Crippen molar-refractivity contribution in [2.45, 2.75) is 12.8 Å². The van der Waals surface area contributed by atoms with Gasteiger partial charge in [0.2, 0.25) is 0 Å². The maximum atomic E-state index is 6.19. The first-order valence-electron chi connectivity index (χ1n) is 5.02. The molecule has 0 aliphatic rings. The summed E-state index contributed by atoms with van der Waals surface area (Å²) in [5.41, 5.74) is 8.67. The molecule has 4 heteroatoms. The molecule has 80 valence electrons. The first-order chi connectivity index (χ1) is 7.22. The van der Waals surface area contributed by atoms with Crippen molar-refractivity contribution >= 4 is 22.6 Å². The van der Waals surface area contributed by atoms with Gasteiger partial charge in [0, 0.05) is 12.1 Å². The molecule has 15 heavy (non-hydrogen) atoms. The minimum atomic E-state index is 0.691. The molecule has 0 aliphatic heterocycles. The Bertz CT molecular complexity index is 476. The van der Waals surface area contributed by atoms with Crippen molar-refractivity contribution < 1.29 is 0 Å². The SMILES string of the molecule is Cn1cnc2cc(CCCN)c(Cl)cc21. The Hall–Kier alpha value is -1.06. The normalized spacial score (nSPS) is 11.1. The van der Waals surface area contributed by atoms with Crippen molar-refractivity contribution in [2.75, 3.05) is 6.54 Å². The highest BCUT2D eigenvalue weighted by Gasteiger charge is 2.06. The molecular formula is C11H14ClN3. The number of fused-ring (bicyclic) bond motifs is 1. The highest BCUT2D eigenvalue weighted by molar-refractivity contribution is 6.32. The van der Waals surface area contributed by atoms with Crippen LogP contribution < -0.4 is 5.73 Å². The maximum absolute atomic E-state index is 6.19. The van der Waals surface area contributed by atoms with Crippen LogP contribution in [0.5, 0.6) is 0 Å². The van der Waals surface area contributed by atoms with E-state index in [1.165, 1.54) is 0 Å². The topological polar surface area (TPSA) is 43.8 Å². The third kappa shape index (κ3) is 1.98. The second-order valence-electron chi connectivity index (χ2n) is 3.68. The molecule has 2 N–H and O–H groups in total. The summed E-state index contributed by atoms with van der Waals surface area (Å²) in [4.78, 5) is 4.30. The molecule has 1 aromatic carbocycles. The summed E-state index contributed by atoms with van der Waals surface area (Å²) in [6.07, 6.45) is 3.67. The third-order valence-electron chi connectivity index (χ3n) is 2.54. The van der Waals surface area contributed by atoms with Crippen LogP contribution in [0.15, 0.2) is 18.5 Å². The molecule has 0 spiro atoms. The van der Waals surface area contributed by atoms with E-state index in [1.54, 1.807) is 6.33 Å². The van der Waals surface area contributed by atoms with E-state index >= 15 is 0 Å². The Balaban J connectivity index is 2.44. The fourth-order valence-electron chi connectivity index (χ4n) is 1.68. The van der Waals surface area contributed by atoms with Crippen molar-refractivity contribution in [3.8, 4) is 0 Å². The van der Waals surface area contributed by atoms with E-state index in [4.69, 9.17) is 17.3 Å². The van der Waals surface area contributed by atoms with Crippen LogP contribution >= 0.6 is 11.6 Å². The van der Waals surface area contributed by atoms with Crippen LogP contribution in [0.2, 0.25) is 5.02 Å². The number of imidazole rings is 1. The Morgan fingerprint density at radius 2 is 2.27 bits per heavy atom. The Morgan fingerprint density at radius 3 is 3.00 bits per heavy atom. The second-order valence-corrected chi connectivity index (χ2v) is 4.09. The van der Waals surface area contributed by atoms with Gasteiger partial charge in [0.25, 0.3) is 0 Å². The van der Waals surface area contributed by atoms with Crippen LogP contribution in [-0.2, 0) is 13.5 Å². The van der Waals surface area contributed by atoms with E-state index in [1.807, 2.05) is 23.7 Å². The van der Waals surface area contributed by atoms with Crippen molar-refractivity contribution in [1.29, 1.82) is 0 Å². The first kappa shape index (κ1) is 10.5. The highest BCUT2D eigenvalue weighted by atomic mass is 35.5.